The van der Waals surface area contributed by atoms with Crippen molar-refractivity contribution in [1.29, 1.82) is 0 Å². The molecule has 0 radical (unpaired) electrons. The predicted octanol–water partition coefficient (Wildman–Crippen LogP) is 3.18. The highest BCUT2D eigenvalue weighted by atomic mass is 19.1. The van der Waals surface area contributed by atoms with E-state index in [2.05, 4.69) is 0 Å². The summed E-state index contributed by atoms with van der Waals surface area (Å²) in [6.45, 7) is 0. The van der Waals surface area contributed by atoms with E-state index in [0.29, 0.717) is 0 Å². The molecular formula is C13H8F2O2. The molecule has 2 aromatic carbocycles. The van der Waals surface area contributed by atoms with Gasteiger partial charge in [0.1, 0.15) is 5.82 Å². The Labute approximate surface area is 96.5 Å². The van der Waals surface area contributed by atoms with Crippen molar-refractivity contribution in [2.45, 2.75) is 0 Å². The second-order valence-electron chi connectivity index (χ2n) is 3.33. The van der Waals surface area contributed by atoms with Crippen molar-refractivity contribution in [2.24, 2.45) is 0 Å². The lowest BCUT2D eigenvalue weighted by molar-refractivity contribution is 0.0728. The van der Waals surface area contributed by atoms with Gasteiger partial charge in [0, 0.05) is 0 Å². The van der Waals surface area contributed by atoms with Crippen LogP contribution in [-0.4, -0.2) is 5.97 Å². The maximum atomic E-state index is 13.2. The summed E-state index contributed by atoms with van der Waals surface area (Å²) in [5, 5.41) is 0. The average molecular weight is 234 g/mol. The summed E-state index contributed by atoms with van der Waals surface area (Å²) in [5.74, 6) is -1.95. The molecule has 0 amide bonds. The van der Waals surface area contributed by atoms with Gasteiger partial charge in [-0.25, -0.2) is 13.6 Å². The first-order chi connectivity index (χ1) is 8.16. The fraction of sp³-hybridized carbons (Fsp3) is 0. The highest BCUT2D eigenvalue weighted by molar-refractivity contribution is 5.90. The second-order valence-corrected chi connectivity index (χ2v) is 3.33. The lowest BCUT2D eigenvalue weighted by Gasteiger charge is -2.04. The predicted molar refractivity (Wildman–Crippen MR) is 57.8 cm³/mol. The minimum Gasteiger partial charge on any atom is -0.420 e. The molecule has 4 heteroatoms. The van der Waals surface area contributed by atoms with Crippen LogP contribution in [0.4, 0.5) is 8.78 Å². The average Bonchev–Trinajstić information content (AvgIpc) is 2.33. The summed E-state index contributed by atoms with van der Waals surface area (Å²) in [6.07, 6.45) is 0. The monoisotopic (exact) mass is 234 g/mol. The molecule has 0 spiro atoms. The highest BCUT2D eigenvalue weighted by Crippen LogP contribution is 2.17. The first kappa shape index (κ1) is 11.3. The molecule has 0 saturated carbocycles. The lowest BCUT2D eigenvalue weighted by Crippen LogP contribution is -2.09. The van der Waals surface area contributed by atoms with Crippen molar-refractivity contribution in [2.75, 3.05) is 0 Å². The number of para-hydroxylation sites is 1. The van der Waals surface area contributed by atoms with E-state index < -0.39 is 17.6 Å². The SMILES string of the molecule is O=C(Oc1ccccc1F)c1ccc(F)cc1. The minimum absolute atomic E-state index is 0.151. The molecular weight excluding hydrogens is 226 g/mol. The van der Waals surface area contributed by atoms with Gasteiger partial charge in [-0.15, -0.1) is 0 Å². The molecule has 2 nitrogen and oxygen atoms in total. The molecule has 0 fully saturated rings. The van der Waals surface area contributed by atoms with E-state index >= 15 is 0 Å². The zero-order chi connectivity index (χ0) is 12.3. The molecule has 0 aromatic heterocycles. The fourth-order valence-corrected chi connectivity index (χ4v) is 1.27. The summed E-state index contributed by atoms with van der Waals surface area (Å²) >= 11 is 0. The Hall–Kier alpha value is -2.23. The van der Waals surface area contributed by atoms with Crippen LogP contribution in [0.2, 0.25) is 0 Å². The van der Waals surface area contributed by atoms with Crippen molar-refractivity contribution >= 4 is 5.97 Å². The van der Waals surface area contributed by atoms with E-state index in [-0.39, 0.29) is 11.3 Å². The van der Waals surface area contributed by atoms with Crippen molar-refractivity contribution in [3.05, 3.63) is 65.7 Å². The number of esters is 1. The molecule has 17 heavy (non-hydrogen) atoms. The van der Waals surface area contributed by atoms with Gasteiger partial charge in [-0.3, -0.25) is 0 Å². The van der Waals surface area contributed by atoms with Crippen molar-refractivity contribution in [3.8, 4) is 5.75 Å². The summed E-state index contributed by atoms with van der Waals surface area (Å²) in [5.41, 5.74) is 0.162. The second kappa shape index (κ2) is 4.74. The number of hydrogen-bond acceptors (Lipinski definition) is 2. The molecule has 0 heterocycles. The first-order valence-corrected chi connectivity index (χ1v) is 4.89. The molecule has 0 saturated heterocycles. The van der Waals surface area contributed by atoms with Gasteiger partial charge >= 0.3 is 5.97 Å². The number of halogens is 2. The van der Waals surface area contributed by atoms with Crippen LogP contribution in [0, 0.1) is 11.6 Å². The maximum Gasteiger partial charge on any atom is 0.343 e. The third kappa shape index (κ3) is 2.66. The van der Waals surface area contributed by atoms with Crippen LogP contribution in [0.5, 0.6) is 5.75 Å². The third-order valence-corrected chi connectivity index (χ3v) is 2.12. The number of benzene rings is 2. The Morgan fingerprint density at radius 3 is 2.24 bits per heavy atom. The largest absolute Gasteiger partial charge is 0.420 e. The Morgan fingerprint density at radius 1 is 0.941 bits per heavy atom. The minimum atomic E-state index is -0.727. The highest BCUT2D eigenvalue weighted by Gasteiger charge is 2.11. The van der Waals surface area contributed by atoms with Crippen LogP contribution < -0.4 is 4.74 Å². The molecule has 2 aromatic rings. The van der Waals surface area contributed by atoms with E-state index in [1.807, 2.05) is 0 Å². The van der Waals surface area contributed by atoms with Crippen molar-refractivity contribution in [3.63, 3.8) is 0 Å². The van der Waals surface area contributed by atoms with Gasteiger partial charge < -0.3 is 4.74 Å². The molecule has 0 unspecified atom stereocenters. The van der Waals surface area contributed by atoms with Gasteiger partial charge in [0.2, 0.25) is 0 Å². The molecule has 0 aliphatic rings. The Kier molecular flexibility index (Phi) is 3.14. The van der Waals surface area contributed by atoms with Crippen molar-refractivity contribution < 1.29 is 18.3 Å². The standard InChI is InChI=1S/C13H8F2O2/c14-10-7-5-9(6-8-10)13(16)17-12-4-2-1-3-11(12)15/h1-8H. The van der Waals surface area contributed by atoms with E-state index in [4.69, 9.17) is 4.74 Å². The molecule has 0 N–H and O–H groups in total. The van der Waals surface area contributed by atoms with Crippen LogP contribution in [-0.2, 0) is 0 Å². The lowest BCUT2D eigenvalue weighted by atomic mass is 10.2. The zero-order valence-corrected chi connectivity index (χ0v) is 8.69. The molecule has 0 aliphatic carbocycles. The van der Waals surface area contributed by atoms with Crippen LogP contribution in [0.1, 0.15) is 10.4 Å². The zero-order valence-electron chi connectivity index (χ0n) is 8.69. The van der Waals surface area contributed by atoms with Gasteiger partial charge in [-0.1, -0.05) is 12.1 Å². The van der Waals surface area contributed by atoms with Crippen LogP contribution in [0.25, 0.3) is 0 Å². The van der Waals surface area contributed by atoms with Gasteiger partial charge in [-0.05, 0) is 36.4 Å². The van der Waals surface area contributed by atoms with Crippen LogP contribution in [0.3, 0.4) is 0 Å². The topological polar surface area (TPSA) is 26.3 Å². The number of hydrogen-bond donors (Lipinski definition) is 0. The Morgan fingerprint density at radius 2 is 1.59 bits per heavy atom. The molecule has 86 valence electrons. The number of carbonyl (C=O) groups is 1. The van der Waals surface area contributed by atoms with E-state index in [9.17, 15) is 13.6 Å². The fourth-order valence-electron chi connectivity index (χ4n) is 1.27. The van der Waals surface area contributed by atoms with Gasteiger partial charge in [0.25, 0.3) is 0 Å². The Balaban J connectivity index is 2.17. The number of rotatable bonds is 2. The molecule has 2 rings (SSSR count). The first-order valence-electron chi connectivity index (χ1n) is 4.89. The molecule has 0 bridgehead atoms. The summed E-state index contributed by atoms with van der Waals surface area (Å²) in [4.78, 5) is 11.6. The summed E-state index contributed by atoms with van der Waals surface area (Å²) in [6, 6.07) is 10.4. The van der Waals surface area contributed by atoms with Gasteiger partial charge in [-0.2, -0.15) is 0 Å². The molecule has 0 aliphatic heterocycles. The van der Waals surface area contributed by atoms with Gasteiger partial charge in [0.05, 0.1) is 5.56 Å². The van der Waals surface area contributed by atoms with Gasteiger partial charge in [0.15, 0.2) is 11.6 Å². The van der Waals surface area contributed by atoms with Crippen molar-refractivity contribution in [1.82, 2.24) is 0 Å². The van der Waals surface area contributed by atoms with E-state index in [0.717, 1.165) is 12.1 Å². The maximum absolute atomic E-state index is 13.2. The van der Waals surface area contributed by atoms with E-state index in [1.54, 1.807) is 6.07 Å². The van der Waals surface area contributed by atoms with E-state index in [1.165, 1.54) is 30.3 Å². The Bertz CT molecular complexity index is 535. The number of carbonyl (C=O) groups excluding carboxylic acids is 1. The quantitative estimate of drug-likeness (QED) is 0.589. The summed E-state index contributed by atoms with van der Waals surface area (Å²) in [7, 11) is 0. The smallest absolute Gasteiger partial charge is 0.343 e. The normalized spacial score (nSPS) is 10.0. The third-order valence-electron chi connectivity index (χ3n) is 2.12. The number of ether oxygens (including phenoxy) is 1. The summed E-state index contributed by atoms with van der Waals surface area (Å²) < 4.78 is 30.7. The van der Waals surface area contributed by atoms with Crippen LogP contribution in [0.15, 0.2) is 48.5 Å². The van der Waals surface area contributed by atoms with Crippen LogP contribution >= 0.6 is 0 Å². The molecule has 0 atom stereocenters.